The molecule has 0 bridgehead atoms. The molecule has 92 valence electrons. The van der Waals surface area contributed by atoms with Gasteiger partial charge in [-0.15, -0.1) is 0 Å². The normalized spacial score (nSPS) is 20.5. The van der Waals surface area contributed by atoms with E-state index in [1.807, 2.05) is 12.1 Å². The van der Waals surface area contributed by atoms with Crippen molar-refractivity contribution in [2.45, 2.75) is 12.5 Å². The molecule has 5 heteroatoms. The fourth-order valence-corrected chi connectivity index (χ4v) is 2.45. The number of halogens is 1. The molecule has 0 spiro atoms. The summed E-state index contributed by atoms with van der Waals surface area (Å²) in [5.74, 6) is -0.903. The molecule has 1 saturated heterocycles. The topological polar surface area (TPSA) is 52.6 Å². The molecule has 1 heterocycles. The van der Waals surface area contributed by atoms with Gasteiger partial charge < -0.3 is 15.3 Å². The number of anilines is 1. The number of hydrogen-bond acceptors (Lipinski definition) is 3. The van der Waals surface area contributed by atoms with Gasteiger partial charge in [-0.1, -0.05) is 15.9 Å². The van der Waals surface area contributed by atoms with Gasteiger partial charge in [0.15, 0.2) is 0 Å². The average molecular weight is 299 g/mol. The number of carbonyl (C=O) groups is 1. The number of hydrogen-bond donors (Lipinski definition) is 2. The molecular formula is C12H15BrN2O2. The van der Waals surface area contributed by atoms with Gasteiger partial charge >= 0.3 is 5.97 Å². The molecule has 2 rings (SSSR count). The highest BCUT2D eigenvalue weighted by Crippen LogP contribution is 2.23. The van der Waals surface area contributed by atoms with Crippen LogP contribution in [-0.4, -0.2) is 42.2 Å². The van der Waals surface area contributed by atoms with Crippen molar-refractivity contribution in [1.29, 1.82) is 0 Å². The van der Waals surface area contributed by atoms with Gasteiger partial charge in [0.25, 0.3) is 0 Å². The van der Waals surface area contributed by atoms with E-state index in [2.05, 4.69) is 33.2 Å². The minimum Gasteiger partial charge on any atom is -0.478 e. The van der Waals surface area contributed by atoms with Crippen LogP contribution in [0.5, 0.6) is 0 Å². The summed E-state index contributed by atoms with van der Waals surface area (Å²) in [5, 5.41) is 12.4. The minimum absolute atomic E-state index is 0.314. The lowest BCUT2D eigenvalue weighted by Crippen LogP contribution is -2.24. The summed E-state index contributed by atoms with van der Waals surface area (Å²) in [5.41, 5.74) is 1.01. The Kier molecular flexibility index (Phi) is 3.69. The predicted molar refractivity (Wildman–Crippen MR) is 70.6 cm³/mol. The third kappa shape index (κ3) is 2.98. The maximum absolute atomic E-state index is 11.1. The molecule has 4 nitrogen and oxygen atoms in total. The van der Waals surface area contributed by atoms with E-state index in [0.717, 1.165) is 24.0 Å². The molecule has 0 amide bonds. The summed E-state index contributed by atoms with van der Waals surface area (Å²) in [6.07, 6.45) is 1.05. The number of likely N-dealkylation sites (tertiary alicyclic amines) is 1. The van der Waals surface area contributed by atoms with Gasteiger partial charge in [-0.25, -0.2) is 4.79 Å². The van der Waals surface area contributed by atoms with Crippen LogP contribution in [0.4, 0.5) is 5.69 Å². The van der Waals surface area contributed by atoms with Crippen LogP contribution in [0.1, 0.15) is 16.8 Å². The highest BCUT2D eigenvalue weighted by Gasteiger charge is 2.21. The van der Waals surface area contributed by atoms with Crippen LogP contribution in [0.2, 0.25) is 0 Å². The van der Waals surface area contributed by atoms with Crippen LogP contribution in [0.25, 0.3) is 0 Å². The molecule has 2 N–H and O–H groups in total. The summed E-state index contributed by atoms with van der Waals surface area (Å²) in [6.45, 7) is 2.01. The second-order valence-electron chi connectivity index (χ2n) is 4.39. The van der Waals surface area contributed by atoms with Gasteiger partial charge in [0.2, 0.25) is 0 Å². The zero-order chi connectivity index (χ0) is 12.4. The zero-order valence-corrected chi connectivity index (χ0v) is 11.2. The van der Waals surface area contributed by atoms with Crippen molar-refractivity contribution in [3.63, 3.8) is 0 Å². The number of rotatable bonds is 3. The number of benzene rings is 1. The first-order valence-corrected chi connectivity index (χ1v) is 6.33. The molecule has 1 aromatic rings. The summed E-state index contributed by atoms with van der Waals surface area (Å²) in [6, 6.07) is 5.63. The van der Waals surface area contributed by atoms with Gasteiger partial charge in [0, 0.05) is 22.7 Å². The van der Waals surface area contributed by atoms with Gasteiger partial charge in [0.05, 0.1) is 5.56 Å². The molecule has 1 aromatic carbocycles. The van der Waals surface area contributed by atoms with Crippen LogP contribution < -0.4 is 5.32 Å². The Balaban J connectivity index is 2.17. The molecule has 0 aliphatic carbocycles. The monoisotopic (exact) mass is 298 g/mol. The average Bonchev–Trinajstić information content (AvgIpc) is 2.66. The minimum atomic E-state index is -0.903. The SMILES string of the molecule is CN1CCC(Nc2ccc(Br)cc2C(=O)O)C1. The summed E-state index contributed by atoms with van der Waals surface area (Å²) in [7, 11) is 2.07. The highest BCUT2D eigenvalue weighted by molar-refractivity contribution is 9.10. The van der Waals surface area contributed by atoms with Gasteiger partial charge in [0.1, 0.15) is 0 Å². The Morgan fingerprint density at radius 3 is 2.94 bits per heavy atom. The second kappa shape index (κ2) is 5.06. The van der Waals surface area contributed by atoms with E-state index in [1.54, 1.807) is 6.07 Å². The standard InChI is InChI=1S/C12H15BrN2O2/c1-15-5-4-9(7-15)14-11-3-2-8(13)6-10(11)12(16)17/h2-3,6,9,14H,4-5,7H2,1H3,(H,16,17). The number of aromatic carboxylic acids is 1. The zero-order valence-electron chi connectivity index (χ0n) is 9.61. The van der Waals surface area contributed by atoms with E-state index >= 15 is 0 Å². The van der Waals surface area contributed by atoms with Gasteiger partial charge in [-0.05, 0) is 38.2 Å². The van der Waals surface area contributed by atoms with Gasteiger partial charge in [-0.3, -0.25) is 0 Å². The van der Waals surface area contributed by atoms with Crippen molar-refractivity contribution in [3.05, 3.63) is 28.2 Å². The van der Waals surface area contributed by atoms with Crippen LogP contribution >= 0.6 is 15.9 Å². The summed E-state index contributed by atoms with van der Waals surface area (Å²) in [4.78, 5) is 13.4. The number of nitrogens with one attached hydrogen (secondary N) is 1. The Labute approximate surface area is 109 Å². The van der Waals surface area contributed by atoms with Crippen molar-refractivity contribution < 1.29 is 9.90 Å². The maximum Gasteiger partial charge on any atom is 0.337 e. The Morgan fingerprint density at radius 1 is 1.59 bits per heavy atom. The van der Waals surface area contributed by atoms with E-state index in [9.17, 15) is 4.79 Å². The van der Waals surface area contributed by atoms with E-state index < -0.39 is 5.97 Å². The molecule has 17 heavy (non-hydrogen) atoms. The summed E-state index contributed by atoms with van der Waals surface area (Å²) >= 11 is 3.29. The Morgan fingerprint density at radius 2 is 2.35 bits per heavy atom. The van der Waals surface area contributed by atoms with Crippen molar-refractivity contribution >= 4 is 27.6 Å². The number of nitrogens with zero attached hydrogens (tertiary/aromatic N) is 1. The van der Waals surface area contributed by atoms with E-state index in [-0.39, 0.29) is 0 Å². The molecule has 1 aliphatic rings. The van der Waals surface area contributed by atoms with Crippen molar-refractivity contribution in [1.82, 2.24) is 4.90 Å². The van der Waals surface area contributed by atoms with Gasteiger partial charge in [-0.2, -0.15) is 0 Å². The van der Waals surface area contributed by atoms with Crippen LogP contribution in [0.15, 0.2) is 22.7 Å². The number of likely N-dealkylation sites (N-methyl/N-ethyl adjacent to an activating group) is 1. The van der Waals surface area contributed by atoms with Crippen LogP contribution in [-0.2, 0) is 0 Å². The molecule has 1 fully saturated rings. The first kappa shape index (κ1) is 12.4. The molecule has 0 saturated carbocycles. The molecule has 1 atom stereocenters. The lowest BCUT2D eigenvalue weighted by molar-refractivity contribution is 0.0698. The lowest BCUT2D eigenvalue weighted by atomic mass is 10.1. The molecular weight excluding hydrogens is 284 g/mol. The van der Waals surface area contributed by atoms with E-state index in [1.165, 1.54) is 0 Å². The molecule has 0 radical (unpaired) electrons. The highest BCUT2D eigenvalue weighted by atomic mass is 79.9. The third-order valence-electron chi connectivity index (χ3n) is 2.96. The summed E-state index contributed by atoms with van der Waals surface area (Å²) < 4.78 is 0.781. The predicted octanol–water partition coefficient (Wildman–Crippen LogP) is 2.26. The lowest BCUT2D eigenvalue weighted by Gasteiger charge is -2.16. The van der Waals surface area contributed by atoms with Crippen molar-refractivity contribution in [2.24, 2.45) is 0 Å². The van der Waals surface area contributed by atoms with Crippen molar-refractivity contribution in [3.8, 4) is 0 Å². The molecule has 1 unspecified atom stereocenters. The Bertz CT molecular complexity index is 437. The quantitative estimate of drug-likeness (QED) is 0.899. The van der Waals surface area contributed by atoms with Crippen molar-refractivity contribution in [2.75, 3.05) is 25.5 Å². The molecule has 0 aromatic heterocycles. The van der Waals surface area contributed by atoms with E-state index in [4.69, 9.17) is 5.11 Å². The fourth-order valence-electron chi connectivity index (χ4n) is 2.09. The largest absolute Gasteiger partial charge is 0.478 e. The first-order chi connectivity index (χ1) is 8.06. The Hall–Kier alpha value is -1.07. The second-order valence-corrected chi connectivity index (χ2v) is 5.30. The number of carboxylic acids is 1. The smallest absolute Gasteiger partial charge is 0.337 e. The molecule has 1 aliphatic heterocycles. The van der Waals surface area contributed by atoms with E-state index in [0.29, 0.717) is 17.3 Å². The third-order valence-corrected chi connectivity index (χ3v) is 3.46. The van der Waals surface area contributed by atoms with Crippen LogP contribution in [0, 0.1) is 0 Å². The van der Waals surface area contributed by atoms with Crippen LogP contribution in [0.3, 0.4) is 0 Å². The maximum atomic E-state index is 11.1. The fraction of sp³-hybridized carbons (Fsp3) is 0.417. The first-order valence-electron chi connectivity index (χ1n) is 5.54. The number of carboxylic acid groups (broad SMARTS) is 1.